The average Bonchev–Trinajstić information content (AvgIpc) is 2.12. The summed E-state index contributed by atoms with van der Waals surface area (Å²) in [4.78, 5) is 10.6. The largest absolute Gasteiger partial charge is 0.491 e. The van der Waals surface area contributed by atoms with Crippen LogP contribution in [0.5, 0.6) is 5.75 Å². The summed E-state index contributed by atoms with van der Waals surface area (Å²) in [5.74, 6) is -0.174. The van der Waals surface area contributed by atoms with Crippen molar-refractivity contribution in [1.29, 1.82) is 0 Å². The molecule has 1 aromatic rings. The summed E-state index contributed by atoms with van der Waals surface area (Å²) in [6.07, 6.45) is 0. The maximum atomic E-state index is 10.6. The Bertz CT molecular complexity index is 351. The highest BCUT2D eigenvalue weighted by molar-refractivity contribution is 6.34. The normalized spacial score (nSPS) is 12.2. The van der Waals surface area contributed by atoms with Crippen LogP contribution in [-0.2, 0) is 4.79 Å². The number of halogens is 2. The number of nitrogens with two attached hydrogens (primary N) is 2. The minimum atomic E-state index is -0.845. The molecule has 0 heterocycles. The van der Waals surface area contributed by atoms with Crippen molar-refractivity contribution in [2.24, 2.45) is 11.5 Å². The number of carbonyl (C=O) groups is 1. The summed E-state index contributed by atoms with van der Waals surface area (Å²) in [6, 6.07) is 3.87. The Morgan fingerprint density at radius 1 is 1.33 bits per heavy atom. The molecule has 0 aromatic heterocycles. The first-order valence-corrected chi connectivity index (χ1v) is 4.88. The number of hydrogen-bond donors (Lipinski definition) is 2. The van der Waals surface area contributed by atoms with Gasteiger partial charge in [-0.2, -0.15) is 0 Å². The van der Waals surface area contributed by atoms with Gasteiger partial charge < -0.3 is 16.2 Å². The Labute approximate surface area is 97.1 Å². The quantitative estimate of drug-likeness (QED) is 0.841. The van der Waals surface area contributed by atoms with Crippen LogP contribution in [0, 0.1) is 0 Å². The van der Waals surface area contributed by atoms with Crippen LogP contribution in [-0.4, -0.2) is 18.6 Å². The van der Waals surface area contributed by atoms with Crippen molar-refractivity contribution in [3.63, 3.8) is 0 Å². The maximum Gasteiger partial charge on any atom is 0.237 e. The second kappa shape index (κ2) is 5.21. The van der Waals surface area contributed by atoms with Gasteiger partial charge in [-0.15, -0.1) is 0 Å². The first-order valence-electron chi connectivity index (χ1n) is 4.13. The fraction of sp³-hybridized carbons (Fsp3) is 0.222. The molecule has 0 spiro atoms. The molecule has 6 heteroatoms. The van der Waals surface area contributed by atoms with E-state index in [0.29, 0.717) is 15.8 Å². The van der Waals surface area contributed by atoms with Gasteiger partial charge in [-0.25, -0.2) is 0 Å². The van der Waals surface area contributed by atoms with Gasteiger partial charge in [0.15, 0.2) is 0 Å². The van der Waals surface area contributed by atoms with Crippen molar-refractivity contribution in [2.45, 2.75) is 6.04 Å². The Morgan fingerprint density at radius 2 is 1.87 bits per heavy atom. The summed E-state index contributed by atoms with van der Waals surface area (Å²) >= 11 is 11.5. The highest BCUT2D eigenvalue weighted by Gasteiger charge is 2.10. The van der Waals surface area contributed by atoms with E-state index in [4.69, 9.17) is 39.4 Å². The van der Waals surface area contributed by atoms with E-state index in [2.05, 4.69) is 0 Å². The number of benzene rings is 1. The van der Waals surface area contributed by atoms with Crippen molar-refractivity contribution in [3.05, 3.63) is 28.2 Å². The SMILES string of the molecule is NC(=O)C(N)COc1cc(Cl)cc(Cl)c1. The smallest absolute Gasteiger partial charge is 0.237 e. The third-order valence-electron chi connectivity index (χ3n) is 1.63. The summed E-state index contributed by atoms with van der Waals surface area (Å²) in [7, 11) is 0. The van der Waals surface area contributed by atoms with Crippen molar-refractivity contribution >= 4 is 29.1 Å². The Morgan fingerprint density at radius 3 is 2.33 bits per heavy atom. The van der Waals surface area contributed by atoms with Gasteiger partial charge in [0.2, 0.25) is 5.91 Å². The predicted molar refractivity (Wildman–Crippen MR) is 59.1 cm³/mol. The highest BCUT2D eigenvalue weighted by atomic mass is 35.5. The van der Waals surface area contributed by atoms with Gasteiger partial charge in [0.25, 0.3) is 0 Å². The molecule has 1 unspecified atom stereocenters. The minimum absolute atomic E-state index is 0.00793. The van der Waals surface area contributed by atoms with E-state index < -0.39 is 11.9 Å². The van der Waals surface area contributed by atoms with Gasteiger partial charge >= 0.3 is 0 Å². The number of rotatable bonds is 4. The lowest BCUT2D eigenvalue weighted by Crippen LogP contribution is -2.41. The molecule has 0 aliphatic rings. The van der Waals surface area contributed by atoms with E-state index in [-0.39, 0.29) is 6.61 Å². The van der Waals surface area contributed by atoms with Crippen molar-refractivity contribution in [2.75, 3.05) is 6.61 Å². The molecule has 1 aromatic carbocycles. The molecule has 4 nitrogen and oxygen atoms in total. The topological polar surface area (TPSA) is 78.3 Å². The van der Waals surface area contributed by atoms with Crippen molar-refractivity contribution in [1.82, 2.24) is 0 Å². The molecule has 1 atom stereocenters. The Hall–Kier alpha value is -0.970. The molecule has 0 saturated heterocycles. The standard InChI is InChI=1S/C9H10Cl2N2O2/c10-5-1-6(11)3-7(2-5)15-4-8(12)9(13)14/h1-3,8H,4,12H2,(H2,13,14). The zero-order valence-corrected chi connectivity index (χ0v) is 9.26. The lowest BCUT2D eigenvalue weighted by atomic mass is 10.3. The van der Waals surface area contributed by atoms with Crippen LogP contribution in [0.1, 0.15) is 0 Å². The molecule has 82 valence electrons. The third kappa shape index (κ3) is 3.95. The van der Waals surface area contributed by atoms with Gasteiger partial charge in [-0.3, -0.25) is 4.79 Å². The predicted octanol–water partition coefficient (Wildman–Crippen LogP) is 1.18. The molecule has 0 aliphatic carbocycles. The molecule has 4 N–H and O–H groups in total. The van der Waals surface area contributed by atoms with E-state index in [1.54, 1.807) is 18.2 Å². The van der Waals surface area contributed by atoms with Crippen molar-refractivity contribution in [3.8, 4) is 5.75 Å². The van der Waals surface area contributed by atoms with Gasteiger partial charge in [0.1, 0.15) is 18.4 Å². The molecule has 0 aliphatic heterocycles. The van der Waals surface area contributed by atoms with Crippen LogP contribution in [0.4, 0.5) is 0 Å². The van der Waals surface area contributed by atoms with Gasteiger partial charge in [-0.05, 0) is 18.2 Å². The third-order valence-corrected chi connectivity index (χ3v) is 2.07. The first-order chi connectivity index (χ1) is 6.99. The summed E-state index contributed by atoms with van der Waals surface area (Å²) < 4.78 is 5.20. The fourth-order valence-corrected chi connectivity index (χ4v) is 1.39. The number of carbonyl (C=O) groups excluding carboxylic acids is 1. The monoisotopic (exact) mass is 248 g/mol. The molecule has 0 fully saturated rings. The van der Waals surface area contributed by atoms with E-state index in [0.717, 1.165) is 0 Å². The van der Waals surface area contributed by atoms with Gasteiger partial charge in [0.05, 0.1) is 0 Å². The Balaban J connectivity index is 2.61. The number of amides is 1. The fourth-order valence-electron chi connectivity index (χ4n) is 0.880. The minimum Gasteiger partial charge on any atom is -0.491 e. The summed E-state index contributed by atoms with van der Waals surface area (Å²) in [5.41, 5.74) is 10.3. The zero-order valence-electron chi connectivity index (χ0n) is 7.74. The summed E-state index contributed by atoms with van der Waals surface area (Å²) in [6.45, 7) is -0.00793. The van der Waals surface area contributed by atoms with Crippen LogP contribution in [0.15, 0.2) is 18.2 Å². The van der Waals surface area contributed by atoms with E-state index in [9.17, 15) is 4.79 Å². The molecule has 0 radical (unpaired) electrons. The van der Waals surface area contributed by atoms with Crippen LogP contribution in [0.3, 0.4) is 0 Å². The first kappa shape index (κ1) is 12.1. The van der Waals surface area contributed by atoms with Crippen LogP contribution in [0.25, 0.3) is 0 Å². The van der Waals surface area contributed by atoms with Crippen molar-refractivity contribution < 1.29 is 9.53 Å². The molecular weight excluding hydrogens is 239 g/mol. The van der Waals surface area contributed by atoms with Crippen LogP contribution < -0.4 is 16.2 Å². The molecule has 0 bridgehead atoms. The average molecular weight is 249 g/mol. The molecule has 1 rings (SSSR count). The number of hydrogen-bond acceptors (Lipinski definition) is 3. The number of primary amides is 1. The summed E-state index contributed by atoms with van der Waals surface area (Å²) in [5, 5.41) is 0.898. The molecular formula is C9H10Cl2N2O2. The van der Waals surface area contributed by atoms with Gasteiger partial charge in [0, 0.05) is 10.0 Å². The molecule has 15 heavy (non-hydrogen) atoms. The zero-order chi connectivity index (χ0) is 11.4. The maximum absolute atomic E-state index is 10.6. The molecule has 0 saturated carbocycles. The van der Waals surface area contributed by atoms with E-state index in [1.807, 2.05) is 0 Å². The Kier molecular flexibility index (Phi) is 4.20. The lowest BCUT2D eigenvalue weighted by Gasteiger charge is -2.10. The van der Waals surface area contributed by atoms with Gasteiger partial charge in [-0.1, -0.05) is 23.2 Å². The van der Waals surface area contributed by atoms with E-state index >= 15 is 0 Å². The second-order valence-electron chi connectivity index (χ2n) is 2.93. The van der Waals surface area contributed by atoms with Crippen LogP contribution >= 0.6 is 23.2 Å². The number of ether oxygens (including phenoxy) is 1. The van der Waals surface area contributed by atoms with Crippen LogP contribution in [0.2, 0.25) is 10.0 Å². The van der Waals surface area contributed by atoms with E-state index in [1.165, 1.54) is 0 Å². The second-order valence-corrected chi connectivity index (χ2v) is 3.80. The lowest BCUT2D eigenvalue weighted by molar-refractivity contribution is -0.119. The highest BCUT2D eigenvalue weighted by Crippen LogP contribution is 2.24. The molecule has 1 amide bonds.